The quantitative estimate of drug-likeness (QED) is 0.582. The molecule has 0 unspecified atom stereocenters. The van der Waals surface area contributed by atoms with Crippen LogP contribution in [0.2, 0.25) is 5.02 Å². The Morgan fingerprint density at radius 2 is 1.93 bits per heavy atom. The Kier molecular flexibility index (Phi) is 6.11. The molecule has 3 aromatic rings. The van der Waals surface area contributed by atoms with Crippen LogP contribution in [0.1, 0.15) is 5.56 Å². The highest BCUT2D eigenvalue weighted by molar-refractivity contribution is 7.14. The first-order chi connectivity index (χ1) is 13.1. The summed E-state index contributed by atoms with van der Waals surface area (Å²) >= 11 is 7.50. The molecule has 1 amide bonds. The van der Waals surface area contributed by atoms with Crippen LogP contribution in [0, 0.1) is 0 Å². The molecule has 27 heavy (non-hydrogen) atoms. The van der Waals surface area contributed by atoms with Gasteiger partial charge in [-0.3, -0.25) is 10.1 Å². The fourth-order valence-electron chi connectivity index (χ4n) is 2.41. The lowest BCUT2D eigenvalue weighted by molar-refractivity contribution is -0.111. The smallest absolute Gasteiger partial charge is 0.250 e. The van der Waals surface area contributed by atoms with Gasteiger partial charge in [-0.15, -0.1) is 11.3 Å². The summed E-state index contributed by atoms with van der Waals surface area (Å²) in [7, 11) is 3.16. The summed E-state index contributed by atoms with van der Waals surface area (Å²) in [6, 6.07) is 12.9. The van der Waals surface area contributed by atoms with Gasteiger partial charge >= 0.3 is 0 Å². The van der Waals surface area contributed by atoms with E-state index < -0.39 is 0 Å². The first kappa shape index (κ1) is 18.9. The minimum Gasteiger partial charge on any atom is -0.496 e. The maximum Gasteiger partial charge on any atom is 0.250 e. The summed E-state index contributed by atoms with van der Waals surface area (Å²) in [5.41, 5.74) is 2.40. The number of nitrogens with one attached hydrogen (secondary N) is 1. The Labute approximate surface area is 166 Å². The number of methoxy groups -OCH3 is 2. The Morgan fingerprint density at radius 1 is 1.15 bits per heavy atom. The molecular weight excluding hydrogens is 384 g/mol. The molecule has 0 aliphatic heterocycles. The maximum absolute atomic E-state index is 12.2. The predicted octanol–water partition coefficient (Wildman–Crippen LogP) is 5.13. The Hall–Kier alpha value is -2.83. The van der Waals surface area contributed by atoms with Crippen molar-refractivity contribution in [3.63, 3.8) is 0 Å². The molecule has 0 aliphatic rings. The number of benzene rings is 2. The lowest BCUT2D eigenvalue weighted by atomic mass is 10.2. The van der Waals surface area contributed by atoms with Gasteiger partial charge in [-0.1, -0.05) is 29.8 Å². The monoisotopic (exact) mass is 400 g/mol. The first-order valence-electron chi connectivity index (χ1n) is 8.02. The summed E-state index contributed by atoms with van der Waals surface area (Å²) in [6.45, 7) is 0. The molecule has 0 aliphatic carbocycles. The molecule has 3 rings (SSSR count). The van der Waals surface area contributed by atoms with Crippen LogP contribution < -0.4 is 14.8 Å². The highest BCUT2D eigenvalue weighted by Gasteiger charge is 2.09. The number of hydrogen-bond acceptors (Lipinski definition) is 5. The van der Waals surface area contributed by atoms with Crippen molar-refractivity contribution in [2.45, 2.75) is 0 Å². The van der Waals surface area contributed by atoms with Crippen molar-refractivity contribution in [1.29, 1.82) is 0 Å². The predicted molar refractivity (Wildman–Crippen MR) is 110 cm³/mol. The fraction of sp³-hybridized carbons (Fsp3) is 0.100. The van der Waals surface area contributed by atoms with Crippen molar-refractivity contribution >= 4 is 40.1 Å². The molecular formula is C20H17ClN2O3S. The van der Waals surface area contributed by atoms with Crippen molar-refractivity contribution in [1.82, 2.24) is 4.98 Å². The van der Waals surface area contributed by atoms with Crippen LogP contribution in [0.3, 0.4) is 0 Å². The van der Waals surface area contributed by atoms with Crippen molar-refractivity contribution in [2.24, 2.45) is 0 Å². The van der Waals surface area contributed by atoms with E-state index in [2.05, 4.69) is 10.3 Å². The Bertz CT molecular complexity index is 985. The fourth-order valence-corrected chi connectivity index (χ4v) is 3.39. The van der Waals surface area contributed by atoms with E-state index in [0.717, 1.165) is 16.8 Å². The third-order valence-electron chi connectivity index (χ3n) is 3.74. The normalized spacial score (nSPS) is 10.8. The second-order valence-corrected chi connectivity index (χ2v) is 6.72. The number of halogens is 1. The number of ether oxygens (including phenoxy) is 2. The zero-order chi connectivity index (χ0) is 19.2. The van der Waals surface area contributed by atoms with E-state index in [9.17, 15) is 4.79 Å². The SMILES string of the molecule is COc1ccc(-c2csc(NC(=O)/C=C/c3ccccc3OC)n2)cc1Cl. The minimum atomic E-state index is -0.269. The zero-order valence-corrected chi connectivity index (χ0v) is 16.3. The summed E-state index contributed by atoms with van der Waals surface area (Å²) < 4.78 is 10.4. The van der Waals surface area contributed by atoms with Crippen molar-refractivity contribution < 1.29 is 14.3 Å². The van der Waals surface area contributed by atoms with E-state index in [1.807, 2.05) is 35.7 Å². The van der Waals surface area contributed by atoms with Gasteiger partial charge in [0.1, 0.15) is 11.5 Å². The van der Waals surface area contributed by atoms with Crippen LogP contribution in [-0.2, 0) is 4.79 Å². The summed E-state index contributed by atoms with van der Waals surface area (Å²) in [5, 5.41) is 5.63. The van der Waals surface area contributed by atoms with Gasteiger partial charge in [0.25, 0.3) is 0 Å². The third kappa shape index (κ3) is 4.67. The van der Waals surface area contributed by atoms with Crippen LogP contribution in [0.5, 0.6) is 11.5 Å². The molecule has 5 nitrogen and oxygen atoms in total. The summed E-state index contributed by atoms with van der Waals surface area (Å²) in [5.74, 6) is 1.04. The number of rotatable bonds is 6. The number of aromatic nitrogens is 1. The molecule has 0 radical (unpaired) electrons. The van der Waals surface area contributed by atoms with E-state index in [1.54, 1.807) is 32.4 Å². The van der Waals surface area contributed by atoms with Crippen molar-refractivity contribution in [3.05, 3.63) is 64.5 Å². The molecule has 1 N–H and O–H groups in total. The lowest BCUT2D eigenvalue weighted by Crippen LogP contribution is -2.07. The standard InChI is InChI=1S/C20H17ClN2O3S/c1-25-17-6-4-3-5-13(17)8-10-19(24)23-20-22-16(12-27-20)14-7-9-18(26-2)15(21)11-14/h3-12H,1-2H3,(H,22,23,24)/b10-8+. The van der Waals surface area contributed by atoms with Gasteiger partial charge < -0.3 is 9.47 Å². The highest BCUT2D eigenvalue weighted by atomic mass is 35.5. The van der Waals surface area contributed by atoms with Crippen molar-refractivity contribution in [3.8, 4) is 22.8 Å². The van der Waals surface area contributed by atoms with E-state index in [1.165, 1.54) is 17.4 Å². The summed E-state index contributed by atoms with van der Waals surface area (Å²) in [4.78, 5) is 16.6. The second kappa shape index (κ2) is 8.70. The second-order valence-electron chi connectivity index (χ2n) is 5.45. The van der Waals surface area contributed by atoms with Crippen LogP contribution in [0.15, 0.2) is 53.9 Å². The zero-order valence-electron chi connectivity index (χ0n) is 14.7. The number of nitrogens with zero attached hydrogens (tertiary/aromatic N) is 1. The molecule has 7 heteroatoms. The average molecular weight is 401 g/mol. The molecule has 0 saturated heterocycles. The largest absolute Gasteiger partial charge is 0.496 e. The molecule has 138 valence electrons. The van der Waals surface area contributed by atoms with E-state index in [-0.39, 0.29) is 5.91 Å². The number of carbonyl (C=O) groups is 1. The first-order valence-corrected chi connectivity index (χ1v) is 9.28. The molecule has 0 spiro atoms. The number of carbonyl (C=O) groups excluding carboxylic acids is 1. The van der Waals surface area contributed by atoms with E-state index >= 15 is 0 Å². The molecule has 2 aromatic carbocycles. The van der Waals surface area contributed by atoms with Gasteiger partial charge in [-0.25, -0.2) is 4.98 Å². The number of anilines is 1. The van der Waals surface area contributed by atoms with Gasteiger partial charge in [-0.2, -0.15) is 0 Å². The molecule has 1 heterocycles. The topological polar surface area (TPSA) is 60.5 Å². The van der Waals surface area contributed by atoms with Gasteiger partial charge in [0.05, 0.1) is 24.9 Å². The number of hydrogen-bond donors (Lipinski definition) is 1. The van der Waals surface area contributed by atoms with Gasteiger partial charge in [0.15, 0.2) is 5.13 Å². The van der Waals surface area contributed by atoms with Gasteiger partial charge in [0.2, 0.25) is 5.91 Å². The minimum absolute atomic E-state index is 0.269. The molecule has 0 bridgehead atoms. The van der Waals surface area contributed by atoms with E-state index in [0.29, 0.717) is 21.7 Å². The van der Waals surface area contributed by atoms with Crippen LogP contribution in [0.4, 0.5) is 5.13 Å². The average Bonchev–Trinajstić information content (AvgIpc) is 3.15. The highest BCUT2D eigenvalue weighted by Crippen LogP contribution is 2.31. The maximum atomic E-state index is 12.2. The van der Waals surface area contributed by atoms with Crippen molar-refractivity contribution in [2.75, 3.05) is 19.5 Å². The Morgan fingerprint density at radius 3 is 2.67 bits per heavy atom. The van der Waals surface area contributed by atoms with Crippen LogP contribution >= 0.6 is 22.9 Å². The molecule has 0 atom stereocenters. The summed E-state index contributed by atoms with van der Waals surface area (Å²) in [6.07, 6.45) is 3.15. The molecule has 0 saturated carbocycles. The number of para-hydroxylation sites is 1. The van der Waals surface area contributed by atoms with Gasteiger partial charge in [0, 0.05) is 22.6 Å². The van der Waals surface area contributed by atoms with E-state index in [4.69, 9.17) is 21.1 Å². The van der Waals surface area contributed by atoms with Crippen LogP contribution in [0.25, 0.3) is 17.3 Å². The Balaban J connectivity index is 1.69. The lowest BCUT2D eigenvalue weighted by Gasteiger charge is -2.04. The number of thiazole rings is 1. The third-order valence-corrected chi connectivity index (χ3v) is 4.79. The number of amides is 1. The molecule has 0 fully saturated rings. The molecule has 1 aromatic heterocycles. The van der Waals surface area contributed by atoms with Gasteiger partial charge in [-0.05, 0) is 30.3 Å². The van der Waals surface area contributed by atoms with Crippen LogP contribution in [-0.4, -0.2) is 25.1 Å².